The molecule has 2 aliphatic heterocycles. The molecule has 2 aromatic rings. The van der Waals surface area contributed by atoms with E-state index in [0.717, 1.165) is 56.4 Å². The van der Waals surface area contributed by atoms with Gasteiger partial charge in [-0.2, -0.15) is 5.10 Å². The number of anilines is 1. The Hall–Kier alpha value is -2.02. The van der Waals surface area contributed by atoms with Gasteiger partial charge in [-0.15, -0.1) is 0 Å². The maximum absolute atomic E-state index is 4.50. The number of nitrogens with one attached hydrogen (secondary N) is 1. The third-order valence-electron chi connectivity index (χ3n) is 4.48. The molecule has 2 aromatic heterocycles. The summed E-state index contributed by atoms with van der Waals surface area (Å²) in [5.41, 5.74) is 1.13. The van der Waals surface area contributed by atoms with E-state index in [4.69, 9.17) is 0 Å². The van der Waals surface area contributed by atoms with Crippen molar-refractivity contribution >= 4 is 5.95 Å². The second-order valence-electron chi connectivity index (χ2n) is 6.06. The molecule has 0 spiro atoms. The largest absolute Gasteiger partial charge is 0.341 e. The molecule has 2 aliphatic rings. The highest BCUT2D eigenvalue weighted by Gasteiger charge is 2.19. The van der Waals surface area contributed by atoms with Gasteiger partial charge in [-0.3, -0.25) is 0 Å². The van der Waals surface area contributed by atoms with Crippen LogP contribution in [0.25, 0.3) is 0 Å². The molecule has 0 radical (unpaired) electrons. The first kappa shape index (κ1) is 13.6. The molecule has 1 fully saturated rings. The lowest BCUT2D eigenvalue weighted by atomic mass is 10.1. The predicted molar refractivity (Wildman–Crippen MR) is 82.4 cm³/mol. The first-order valence-electron chi connectivity index (χ1n) is 8.04. The van der Waals surface area contributed by atoms with Crippen LogP contribution in [0, 0.1) is 0 Å². The molecule has 22 heavy (non-hydrogen) atoms. The molecule has 1 saturated heterocycles. The predicted octanol–water partition coefficient (Wildman–Crippen LogP) is 0.773. The highest BCUT2D eigenvalue weighted by molar-refractivity contribution is 5.30. The Balaban J connectivity index is 1.32. The molecule has 116 valence electrons. The summed E-state index contributed by atoms with van der Waals surface area (Å²) in [6.45, 7) is 3.86. The van der Waals surface area contributed by atoms with Gasteiger partial charge in [-0.1, -0.05) is 0 Å². The van der Waals surface area contributed by atoms with E-state index in [1.807, 2.05) is 17.1 Å². The van der Waals surface area contributed by atoms with Gasteiger partial charge in [0.15, 0.2) is 0 Å². The van der Waals surface area contributed by atoms with Crippen molar-refractivity contribution in [2.45, 2.75) is 44.8 Å². The molecule has 0 aliphatic carbocycles. The number of nitrogens with zero attached hydrogens (tertiary/aromatic N) is 6. The van der Waals surface area contributed by atoms with Gasteiger partial charge in [0.25, 0.3) is 0 Å². The summed E-state index contributed by atoms with van der Waals surface area (Å²) in [4.78, 5) is 15.5. The monoisotopic (exact) mass is 299 g/mol. The van der Waals surface area contributed by atoms with Gasteiger partial charge in [-0.25, -0.2) is 19.6 Å². The fraction of sp³-hybridized carbons (Fsp3) is 0.600. The van der Waals surface area contributed by atoms with Crippen molar-refractivity contribution in [2.24, 2.45) is 0 Å². The molecule has 1 atom stereocenters. The van der Waals surface area contributed by atoms with E-state index in [0.29, 0.717) is 6.04 Å². The standard InChI is InChI=1S/C15H21N7/c1-2-6-21(5-1)15-17-8-12(9-18-15)7-16-13-3-4-14-19-11-20-22(14)10-13/h8-9,11,13,16H,1-7,10H2. The number of hydrogen-bond acceptors (Lipinski definition) is 6. The molecular weight excluding hydrogens is 278 g/mol. The van der Waals surface area contributed by atoms with Crippen molar-refractivity contribution in [3.63, 3.8) is 0 Å². The molecule has 0 bridgehead atoms. The van der Waals surface area contributed by atoms with E-state index < -0.39 is 0 Å². The van der Waals surface area contributed by atoms with Crippen molar-refractivity contribution in [1.82, 2.24) is 30.0 Å². The zero-order valence-corrected chi connectivity index (χ0v) is 12.6. The number of hydrogen-bond donors (Lipinski definition) is 1. The molecular formula is C15H21N7. The van der Waals surface area contributed by atoms with Crippen molar-refractivity contribution in [1.29, 1.82) is 0 Å². The minimum absolute atomic E-state index is 0.437. The number of rotatable bonds is 4. The minimum Gasteiger partial charge on any atom is -0.341 e. The summed E-state index contributed by atoms with van der Waals surface area (Å²) in [6, 6.07) is 0.437. The van der Waals surface area contributed by atoms with E-state index in [9.17, 15) is 0 Å². The van der Waals surface area contributed by atoms with Crippen molar-refractivity contribution in [3.8, 4) is 0 Å². The third-order valence-corrected chi connectivity index (χ3v) is 4.48. The maximum Gasteiger partial charge on any atom is 0.225 e. The second kappa shape index (κ2) is 6.00. The van der Waals surface area contributed by atoms with Crippen molar-refractivity contribution in [2.75, 3.05) is 18.0 Å². The smallest absolute Gasteiger partial charge is 0.225 e. The van der Waals surface area contributed by atoms with Crippen molar-refractivity contribution in [3.05, 3.63) is 30.1 Å². The Bertz CT molecular complexity index is 615. The topological polar surface area (TPSA) is 71.8 Å². The van der Waals surface area contributed by atoms with Gasteiger partial charge in [0, 0.05) is 50.1 Å². The molecule has 4 heterocycles. The minimum atomic E-state index is 0.437. The first-order chi connectivity index (χ1) is 10.9. The van der Waals surface area contributed by atoms with Gasteiger partial charge >= 0.3 is 0 Å². The molecule has 7 nitrogen and oxygen atoms in total. The van der Waals surface area contributed by atoms with Crippen LogP contribution in [0.4, 0.5) is 5.95 Å². The Kier molecular flexibility index (Phi) is 3.72. The van der Waals surface area contributed by atoms with E-state index in [-0.39, 0.29) is 0 Å². The fourth-order valence-electron chi connectivity index (χ4n) is 3.19. The summed E-state index contributed by atoms with van der Waals surface area (Å²) in [7, 11) is 0. The number of aryl methyl sites for hydroxylation is 1. The van der Waals surface area contributed by atoms with Gasteiger partial charge in [0.1, 0.15) is 12.2 Å². The quantitative estimate of drug-likeness (QED) is 0.899. The Morgan fingerprint density at radius 2 is 1.95 bits per heavy atom. The molecule has 0 amide bonds. The second-order valence-corrected chi connectivity index (χ2v) is 6.06. The van der Waals surface area contributed by atoms with Crippen LogP contribution in [0.1, 0.15) is 30.7 Å². The molecule has 0 aromatic carbocycles. The maximum atomic E-state index is 4.50. The van der Waals surface area contributed by atoms with Crippen molar-refractivity contribution < 1.29 is 0 Å². The average Bonchev–Trinajstić information content (AvgIpc) is 3.24. The lowest BCUT2D eigenvalue weighted by Crippen LogP contribution is -2.37. The number of fused-ring (bicyclic) bond motifs is 1. The van der Waals surface area contributed by atoms with E-state index in [1.165, 1.54) is 12.8 Å². The molecule has 1 N–H and O–H groups in total. The van der Waals surface area contributed by atoms with Crippen LogP contribution < -0.4 is 10.2 Å². The van der Waals surface area contributed by atoms with Crippen LogP contribution >= 0.6 is 0 Å². The highest BCUT2D eigenvalue weighted by Crippen LogP contribution is 2.15. The molecule has 0 saturated carbocycles. The molecule has 7 heteroatoms. The summed E-state index contributed by atoms with van der Waals surface area (Å²) in [6.07, 6.45) is 10.1. The zero-order chi connectivity index (χ0) is 14.8. The van der Waals surface area contributed by atoms with Gasteiger partial charge in [-0.05, 0) is 19.3 Å². The first-order valence-corrected chi connectivity index (χ1v) is 8.04. The average molecular weight is 299 g/mol. The van der Waals surface area contributed by atoms with Crippen LogP contribution in [0.3, 0.4) is 0 Å². The van der Waals surface area contributed by atoms with E-state index >= 15 is 0 Å². The van der Waals surface area contributed by atoms with E-state index in [2.05, 4.69) is 30.3 Å². The number of aromatic nitrogens is 5. The van der Waals surface area contributed by atoms with Gasteiger partial charge < -0.3 is 10.2 Å². The fourth-order valence-corrected chi connectivity index (χ4v) is 3.19. The Morgan fingerprint density at radius 1 is 1.14 bits per heavy atom. The Labute approximate surface area is 129 Å². The normalized spacial score (nSPS) is 21.1. The molecule has 1 unspecified atom stereocenters. The molecule has 4 rings (SSSR count). The van der Waals surface area contributed by atoms with Crippen LogP contribution in [-0.4, -0.2) is 43.9 Å². The summed E-state index contributed by atoms with van der Waals surface area (Å²) in [5.74, 6) is 1.96. The SMILES string of the molecule is c1nc2n(n1)CC(NCc1cnc(N3CCCC3)nc1)CC2. The van der Waals surface area contributed by atoms with Crippen LogP contribution in [-0.2, 0) is 19.5 Å². The summed E-state index contributed by atoms with van der Waals surface area (Å²) >= 11 is 0. The Morgan fingerprint density at radius 3 is 2.77 bits per heavy atom. The van der Waals surface area contributed by atoms with Gasteiger partial charge in [0.05, 0.1) is 6.54 Å². The van der Waals surface area contributed by atoms with Gasteiger partial charge in [0.2, 0.25) is 5.95 Å². The van der Waals surface area contributed by atoms with Crippen LogP contribution in [0.2, 0.25) is 0 Å². The highest BCUT2D eigenvalue weighted by atomic mass is 15.3. The van der Waals surface area contributed by atoms with Crippen LogP contribution in [0.5, 0.6) is 0 Å². The van der Waals surface area contributed by atoms with E-state index in [1.54, 1.807) is 6.33 Å². The lowest BCUT2D eigenvalue weighted by Gasteiger charge is -2.23. The summed E-state index contributed by atoms with van der Waals surface area (Å²) in [5, 5.41) is 7.83. The lowest BCUT2D eigenvalue weighted by molar-refractivity contribution is 0.358. The third kappa shape index (κ3) is 2.81. The zero-order valence-electron chi connectivity index (χ0n) is 12.6. The summed E-state index contributed by atoms with van der Waals surface area (Å²) < 4.78 is 1.99. The van der Waals surface area contributed by atoms with Crippen LogP contribution in [0.15, 0.2) is 18.7 Å².